The zero-order valence-electron chi connectivity index (χ0n) is 14.0. The number of hydrogen-bond acceptors (Lipinski definition) is 4. The first-order chi connectivity index (χ1) is 11.7. The van der Waals surface area contributed by atoms with Crippen molar-refractivity contribution in [2.75, 3.05) is 0 Å². The number of benzene rings is 2. The topological polar surface area (TPSA) is 57.0 Å². The number of hydrogen-bond donors (Lipinski definition) is 0. The molecule has 0 spiro atoms. The number of esters is 1. The third kappa shape index (κ3) is 3.45. The molecule has 24 heavy (non-hydrogen) atoms. The number of nitrogens with zero attached hydrogens (tertiary/aromatic N) is 3. The van der Waals surface area contributed by atoms with E-state index in [2.05, 4.69) is 16.4 Å². The fourth-order valence-electron chi connectivity index (χ4n) is 2.76. The predicted molar refractivity (Wildman–Crippen MR) is 92.5 cm³/mol. The molecule has 3 rings (SSSR count). The van der Waals surface area contributed by atoms with Gasteiger partial charge in [0.2, 0.25) is 0 Å². The van der Waals surface area contributed by atoms with Gasteiger partial charge in [-0.2, -0.15) is 0 Å². The Kier molecular flexibility index (Phi) is 4.89. The van der Waals surface area contributed by atoms with Gasteiger partial charge in [-0.15, -0.1) is 5.10 Å². The first kappa shape index (κ1) is 16.2. The summed E-state index contributed by atoms with van der Waals surface area (Å²) in [6.07, 6.45) is 1.01. The van der Waals surface area contributed by atoms with Crippen molar-refractivity contribution in [3.05, 3.63) is 59.2 Å². The lowest BCUT2D eigenvalue weighted by molar-refractivity contribution is -0.144. The van der Waals surface area contributed by atoms with E-state index in [-0.39, 0.29) is 5.97 Å². The van der Waals surface area contributed by atoms with E-state index in [9.17, 15) is 4.79 Å². The van der Waals surface area contributed by atoms with E-state index in [0.29, 0.717) is 19.4 Å². The molecule has 124 valence electrons. The highest BCUT2D eigenvalue weighted by molar-refractivity contribution is 5.79. The van der Waals surface area contributed by atoms with E-state index in [4.69, 9.17) is 4.74 Å². The Morgan fingerprint density at radius 1 is 1.17 bits per heavy atom. The van der Waals surface area contributed by atoms with E-state index in [1.54, 1.807) is 0 Å². The molecular formula is C19H21N3O2. The van der Waals surface area contributed by atoms with Crippen LogP contribution in [0.5, 0.6) is 0 Å². The molecular weight excluding hydrogens is 302 g/mol. The third-order valence-corrected chi connectivity index (χ3v) is 4.19. The Bertz CT molecular complexity index is 840. The summed E-state index contributed by atoms with van der Waals surface area (Å²) < 4.78 is 7.20. The number of carbonyl (C=O) groups is 1. The second kappa shape index (κ2) is 7.25. The van der Waals surface area contributed by atoms with Gasteiger partial charge in [-0.05, 0) is 43.0 Å². The van der Waals surface area contributed by atoms with Crippen LogP contribution >= 0.6 is 0 Å². The largest absolute Gasteiger partial charge is 0.461 e. The molecule has 5 heteroatoms. The lowest BCUT2D eigenvalue weighted by atomic mass is 10.0. The van der Waals surface area contributed by atoms with Crippen LogP contribution in [0.25, 0.3) is 11.0 Å². The zero-order valence-corrected chi connectivity index (χ0v) is 14.0. The highest BCUT2D eigenvalue weighted by Gasteiger charge is 2.11. The van der Waals surface area contributed by atoms with Crippen molar-refractivity contribution in [1.82, 2.24) is 15.0 Å². The summed E-state index contributed by atoms with van der Waals surface area (Å²) in [7, 11) is 0. The second-order valence-corrected chi connectivity index (χ2v) is 5.77. The van der Waals surface area contributed by atoms with Crippen LogP contribution in [-0.4, -0.2) is 21.0 Å². The molecule has 0 radical (unpaired) electrons. The maximum atomic E-state index is 12.0. The lowest BCUT2D eigenvalue weighted by Crippen LogP contribution is -2.06. The van der Waals surface area contributed by atoms with Crippen LogP contribution in [0.2, 0.25) is 0 Å². The van der Waals surface area contributed by atoms with E-state index in [1.165, 1.54) is 0 Å². The van der Waals surface area contributed by atoms with Crippen LogP contribution in [-0.2, 0) is 29.1 Å². The molecule has 0 aliphatic heterocycles. The van der Waals surface area contributed by atoms with Crippen LogP contribution in [0.15, 0.2) is 42.5 Å². The van der Waals surface area contributed by atoms with Crippen molar-refractivity contribution in [2.24, 2.45) is 0 Å². The molecule has 3 aromatic rings. The Hall–Kier alpha value is -2.69. The van der Waals surface area contributed by atoms with E-state index < -0.39 is 0 Å². The average Bonchev–Trinajstić information content (AvgIpc) is 3.04. The summed E-state index contributed by atoms with van der Waals surface area (Å²) in [4.78, 5) is 12.0. The Balaban J connectivity index is 1.61. The molecule has 2 aromatic carbocycles. The van der Waals surface area contributed by atoms with E-state index in [0.717, 1.165) is 34.3 Å². The highest BCUT2D eigenvalue weighted by Crippen LogP contribution is 2.21. The fraction of sp³-hybridized carbons (Fsp3) is 0.316. The summed E-state index contributed by atoms with van der Waals surface area (Å²) in [5.41, 5.74) is 5.14. The summed E-state index contributed by atoms with van der Waals surface area (Å²) in [5, 5.41) is 8.40. The molecule has 0 atom stereocenters. The first-order valence-electron chi connectivity index (χ1n) is 8.20. The van der Waals surface area contributed by atoms with Crippen molar-refractivity contribution in [2.45, 2.75) is 39.8 Å². The molecule has 0 unspecified atom stereocenters. The Morgan fingerprint density at radius 3 is 2.71 bits per heavy atom. The highest BCUT2D eigenvalue weighted by atomic mass is 16.5. The maximum absolute atomic E-state index is 12.0. The number of aryl methyl sites for hydroxylation is 3. The molecule has 0 saturated carbocycles. The van der Waals surface area contributed by atoms with Crippen molar-refractivity contribution < 1.29 is 9.53 Å². The average molecular weight is 323 g/mol. The standard InChI is InChI=1S/C19H21N3O2/c1-3-22-17-11-9-16(14(2)19(17)20-21-22)10-12-18(23)24-13-15-7-5-4-6-8-15/h4-9,11H,3,10,12-13H2,1-2H3. The van der Waals surface area contributed by atoms with Gasteiger partial charge in [-0.25, -0.2) is 4.68 Å². The van der Waals surface area contributed by atoms with E-state index in [1.807, 2.05) is 54.9 Å². The molecule has 1 aromatic heterocycles. The number of fused-ring (bicyclic) bond motifs is 1. The van der Waals surface area contributed by atoms with Gasteiger partial charge in [0.25, 0.3) is 0 Å². The molecule has 0 N–H and O–H groups in total. The van der Waals surface area contributed by atoms with Crippen LogP contribution < -0.4 is 0 Å². The van der Waals surface area contributed by atoms with Gasteiger partial charge >= 0.3 is 5.97 Å². The molecule has 0 amide bonds. The summed E-state index contributed by atoms with van der Waals surface area (Å²) in [5.74, 6) is -0.185. The van der Waals surface area contributed by atoms with E-state index >= 15 is 0 Å². The smallest absolute Gasteiger partial charge is 0.306 e. The predicted octanol–water partition coefficient (Wildman–Crippen LogP) is 3.44. The Morgan fingerprint density at radius 2 is 1.96 bits per heavy atom. The van der Waals surface area contributed by atoms with Crippen LogP contribution in [0.4, 0.5) is 0 Å². The molecule has 0 bridgehead atoms. The third-order valence-electron chi connectivity index (χ3n) is 4.19. The van der Waals surface area contributed by atoms with Crippen molar-refractivity contribution >= 4 is 17.0 Å². The van der Waals surface area contributed by atoms with Crippen molar-refractivity contribution in [3.8, 4) is 0 Å². The van der Waals surface area contributed by atoms with Crippen LogP contribution in [0.3, 0.4) is 0 Å². The van der Waals surface area contributed by atoms with Gasteiger partial charge < -0.3 is 4.74 Å². The first-order valence-corrected chi connectivity index (χ1v) is 8.20. The number of rotatable bonds is 6. The SMILES string of the molecule is CCn1nnc2c(C)c(CCC(=O)OCc3ccccc3)ccc21. The molecule has 1 heterocycles. The van der Waals surface area contributed by atoms with Gasteiger partial charge in [-0.1, -0.05) is 41.6 Å². The van der Waals surface area contributed by atoms with Gasteiger partial charge in [-0.3, -0.25) is 4.79 Å². The lowest BCUT2D eigenvalue weighted by Gasteiger charge is -2.08. The quantitative estimate of drug-likeness (QED) is 0.652. The van der Waals surface area contributed by atoms with Crippen molar-refractivity contribution in [1.29, 1.82) is 0 Å². The number of carbonyl (C=O) groups excluding carboxylic acids is 1. The minimum Gasteiger partial charge on any atom is -0.461 e. The molecule has 0 aliphatic rings. The zero-order chi connectivity index (χ0) is 16.9. The minimum absolute atomic E-state index is 0.185. The van der Waals surface area contributed by atoms with Gasteiger partial charge in [0.15, 0.2) is 0 Å². The minimum atomic E-state index is -0.185. The fourth-order valence-corrected chi connectivity index (χ4v) is 2.76. The molecule has 0 aliphatic carbocycles. The Labute approximate surface area is 141 Å². The molecule has 0 fully saturated rings. The number of ether oxygens (including phenoxy) is 1. The van der Waals surface area contributed by atoms with Gasteiger partial charge in [0, 0.05) is 13.0 Å². The van der Waals surface area contributed by atoms with Gasteiger partial charge in [0.05, 0.1) is 5.52 Å². The molecule has 5 nitrogen and oxygen atoms in total. The molecule has 0 saturated heterocycles. The summed E-state index contributed by atoms with van der Waals surface area (Å²) >= 11 is 0. The summed E-state index contributed by atoms with van der Waals surface area (Å²) in [6.45, 7) is 5.19. The van der Waals surface area contributed by atoms with Crippen molar-refractivity contribution in [3.63, 3.8) is 0 Å². The maximum Gasteiger partial charge on any atom is 0.306 e. The monoisotopic (exact) mass is 323 g/mol. The normalized spacial score (nSPS) is 10.9. The van der Waals surface area contributed by atoms with Crippen LogP contribution in [0, 0.1) is 6.92 Å². The van der Waals surface area contributed by atoms with Crippen LogP contribution in [0.1, 0.15) is 30.0 Å². The summed E-state index contributed by atoms with van der Waals surface area (Å²) in [6, 6.07) is 13.8. The van der Waals surface area contributed by atoms with Gasteiger partial charge in [0.1, 0.15) is 12.1 Å². The second-order valence-electron chi connectivity index (χ2n) is 5.77. The number of aromatic nitrogens is 3.